The Labute approximate surface area is 221 Å². The minimum absolute atomic E-state index is 0.0479. The van der Waals surface area contributed by atoms with Crippen molar-refractivity contribution in [3.05, 3.63) is 23.3 Å². The third kappa shape index (κ3) is 3.54. The number of aliphatic hydroxyl groups is 5. The number of carbonyl (C=O) groups excluding carboxylic acids is 2. The van der Waals surface area contributed by atoms with Crippen molar-refractivity contribution in [2.75, 3.05) is 6.61 Å². The largest absolute Gasteiger partial charge is 0.504 e. The highest BCUT2D eigenvalue weighted by molar-refractivity contribution is 5.94. The summed E-state index contributed by atoms with van der Waals surface area (Å²) in [5, 5.41) is 61.8. The molecule has 5 rings (SSSR count). The molecule has 0 amide bonds. The second-order valence-corrected chi connectivity index (χ2v) is 12.4. The van der Waals surface area contributed by atoms with Crippen molar-refractivity contribution in [3.63, 3.8) is 0 Å². The molecule has 0 aromatic heterocycles. The maximum atomic E-state index is 14.0. The Bertz CT molecular complexity index is 1150. The van der Waals surface area contributed by atoms with Crippen molar-refractivity contribution < 1.29 is 49.7 Å². The van der Waals surface area contributed by atoms with Gasteiger partial charge in [0.15, 0.2) is 11.5 Å². The molecular weight excluding hydrogens is 496 g/mol. The summed E-state index contributed by atoms with van der Waals surface area (Å²) in [4.78, 5) is 26.6. The molecule has 6 N–H and O–H groups in total. The number of hydrogen-bond donors (Lipinski definition) is 6. The van der Waals surface area contributed by atoms with Gasteiger partial charge in [-0.2, -0.15) is 0 Å². The lowest BCUT2D eigenvalue weighted by atomic mass is 9.42. The Balaban J connectivity index is 1.54. The molecule has 3 fully saturated rings. The third-order valence-electron chi connectivity index (χ3n) is 10.6. The Hall–Kier alpha value is -2.08. The number of benzene rings is 1. The Morgan fingerprint density at radius 2 is 1.76 bits per heavy atom. The average molecular weight is 535 g/mol. The van der Waals surface area contributed by atoms with Crippen molar-refractivity contribution in [3.8, 4) is 11.5 Å². The molecule has 0 bridgehead atoms. The van der Waals surface area contributed by atoms with Crippen molar-refractivity contribution in [2.24, 2.45) is 22.7 Å². The quantitative estimate of drug-likeness (QED) is 0.316. The number of ketones is 2. The number of carbonyl (C=O) groups is 2. The number of fused-ring (bicyclic) bond motifs is 5. The fourth-order valence-corrected chi connectivity index (χ4v) is 8.42. The number of Topliss-reactive ketones (excluding diaryl/α,β-unsaturated/α-hetero) is 2. The number of phenolic OH excluding ortho intramolecular Hbond substituents is 1. The van der Waals surface area contributed by atoms with Crippen LogP contribution in [0.5, 0.6) is 11.5 Å². The van der Waals surface area contributed by atoms with Gasteiger partial charge >= 0.3 is 0 Å². The number of rotatable bonds is 4. The van der Waals surface area contributed by atoms with Gasteiger partial charge in [-0.25, -0.2) is 0 Å². The Morgan fingerprint density at radius 3 is 2.39 bits per heavy atom. The average Bonchev–Trinajstić information content (AvgIpc) is 3.04. The molecule has 1 aliphatic heterocycles. The number of aliphatic hydroxyl groups excluding tert-OH is 5. The van der Waals surface area contributed by atoms with E-state index >= 15 is 0 Å². The van der Waals surface area contributed by atoms with Crippen LogP contribution in [0.15, 0.2) is 12.1 Å². The molecule has 0 spiro atoms. The first-order chi connectivity index (χ1) is 17.7. The standard InChI is InChI=1S/C28H38O10/c1-12(30)21-16(32)9-26(2)19-6-5-13-7-15(31)17(8-14(13)28(19,4)20(33)10-27(21,26)3)37-25-24(36)23(35)22(34)18(11-29)38-25/h7-8,16,18-19,21-25,29,31-32,34-36H,5-6,9-11H2,1-4H3/t16?,18?,19-,21?,22?,23?,24?,25?,26-,27+,28+/m0/s1. The zero-order valence-electron chi connectivity index (χ0n) is 22.1. The first-order valence-corrected chi connectivity index (χ1v) is 13.3. The first-order valence-electron chi connectivity index (χ1n) is 13.3. The van der Waals surface area contributed by atoms with E-state index in [4.69, 9.17) is 9.47 Å². The lowest BCUT2D eigenvalue weighted by Crippen LogP contribution is -2.61. The van der Waals surface area contributed by atoms with Gasteiger partial charge < -0.3 is 40.1 Å². The molecule has 1 aromatic rings. The van der Waals surface area contributed by atoms with Crippen molar-refractivity contribution >= 4 is 11.6 Å². The second kappa shape index (κ2) is 8.97. The van der Waals surface area contributed by atoms with Crippen molar-refractivity contribution in [1.29, 1.82) is 0 Å². The van der Waals surface area contributed by atoms with Crippen LogP contribution in [0, 0.1) is 22.7 Å². The van der Waals surface area contributed by atoms with Crippen LogP contribution in [0.1, 0.15) is 58.1 Å². The van der Waals surface area contributed by atoms with Crippen LogP contribution < -0.4 is 4.74 Å². The maximum Gasteiger partial charge on any atom is 0.229 e. The smallest absolute Gasteiger partial charge is 0.229 e. The van der Waals surface area contributed by atoms with E-state index in [0.717, 1.165) is 5.56 Å². The van der Waals surface area contributed by atoms with E-state index in [1.54, 1.807) is 6.07 Å². The number of ether oxygens (including phenoxy) is 2. The summed E-state index contributed by atoms with van der Waals surface area (Å²) in [6, 6.07) is 3.09. The predicted molar refractivity (Wildman–Crippen MR) is 132 cm³/mol. The van der Waals surface area contributed by atoms with Gasteiger partial charge in [0.25, 0.3) is 0 Å². The Kier molecular flexibility index (Phi) is 6.49. The molecule has 10 heteroatoms. The predicted octanol–water partition coefficient (Wildman–Crippen LogP) is 0.346. The van der Waals surface area contributed by atoms with Crippen LogP contribution in [0.3, 0.4) is 0 Å². The number of phenols is 1. The molecule has 1 saturated heterocycles. The van der Waals surface area contributed by atoms with Gasteiger partial charge in [0, 0.05) is 12.3 Å². The summed E-state index contributed by atoms with van der Waals surface area (Å²) in [7, 11) is 0. The highest BCUT2D eigenvalue weighted by Gasteiger charge is 2.71. The number of hydrogen-bond acceptors (Lipinski definition) is 10. The fourth-order valence-electron chi connectivity index (χ4n) is 8.42. The SMILES string of the molecule is CC(=O)C1C(O)C[C@@]2(C)[C@@H]3CCc4cc(O)c(OC5OC(CO)C(O)C(O)C5O)cc4[C@@]3(C)C(=O)C[C@]12C. The molecular formula is C28H38O10. The molecule has 7 unspecified atom stereocenters. The highest BCUT2D eigenvalue weighted by Crippen LogP contribution is 2.70. The molecule has 10 nitrogen and oxygen atoms in total. The van der Waals surface area contributed by atoms with Gasteiger partial charge in [-0.15, -0.1) is 0 Å². The van der Waals surface area contributed by atoms with Crippen molar-refractivity contribution in [2.45, 2.75) is 95.6 Å². The molecule has 3 aliphatic carbocycles. The zero-order chi connectivity index (χ0) is 27.9. The van der Waals surface area contributed by atoms with E-state index in [1.165, 1.54) is 13.0 Å². The van der Waals surface area contributed by atoms with Crippen LogP contribution in [0.4, 0.5) is 0 Å². The molecule has 2 saturated carbocycles. The van der Waals surface area contributed by atoms with E-state index in [0.29, 0.717) is 24.8 Å². The van der Waals surface area contributed by atoms with E-state index in [9.17, 15) is 40.2 Å². The highest BCUT2D eigenvalue weighted by atomic mass is 16.7. The summed E-state index contributed by atoms with van der Waals surface area (Å²) in [6.07, 6.45) is -6.62. The molecule has 11 atom stereocenters. The summed E-state index contributed by atoms with van der Waals surface area (Å²) < 4.78 is 11.2. The van der Waals surface area contributed by atoms with Gasteiger partial charge in [-0.1, -0.05) is 13.8 Å². The third-order valence-corrected chi connectivity index (χ3v) is 10.6. The summed E-state index contributed by atoms with van der Waals surface area (Å²) >= 11 is 0. The molecule has 1 aromatic carbocycles. The lowest BCUT2D eigenvalue weighted by molar-refractivity contribution is -0.277. The minimum Gasteiger partial charge on any atom is -0.504 e. The van der Waals surface area contributed by atoms with Crippen LogP contribution in [0.25, 0.3) is 0 Å². The van der Waals surface area contributed by atoms with E-state index < -0.39 is 65.6 Å². The van der Waals surface area contributed by atoms with E-state index in [2.05, 4.69) is 6.92 Å². The molecule has 1 heterocycles. The number of aromatic hydroxyl groups is 1. The van der Waals surface area contributed by atoms with Gasteiger partial charge in [0.2, 0.25) is 6.29 Å². The van der Waals surface area contributed by atoms with Crippen molar-refractivity contribution in [1.82, 2.24) is 0 Å². The van der Waals surface area contributed by atoms with Crippen LogP contribution in [-0.4, -0.2) is 85.6 Å². The summed E-state index contributed by atoms with van der Waals surface area (Å²) in [6.45, 7) is 6.76. The van der Waals surface area contributed by atoms with Gasteiger partial charge in [-0.3, -0.25) is 9.59 Å². The lowest BCUT2D eigenvalue weighted by Gasteiger charge is -2.60. The van der Waals surface area contributed by atoms with Crippen LogP contribution in [-0.2, 0) is 26.2 Å². The monoisotopic (exact) mass is 534 g/mol. The normalized spacial score (nSPS) is 46.2. The fraction of sp³-hybridized carbons (Fsp3) is 0.714. The summed E-state index contributed by atoms with van der Waals surface area (Å²) in [5.74, 6) is -1.28. The second-order valence-electron chi connectivity index (χ2n) is 12.4. The molecule has 210 valence electrons. The summed E-state index contributed by atoms with van der Waals surface area (Å²) in [5.41, 5.74) is -0.720. The van der Waals surface area contributed by atoms with Gasteiger partial charge in [0.1, 0.15) is 36.0 Å². The number of aryl methyl sites for hydroxylation is 1. The Morgan fingerprint density at radius 1 is 1.08 bits per heavy atom. The van der Waals surface area contributed by atoms with E-state index in [-0.39, 0.29) is 35.4 Å². The molecule has 0 radical (unpaired) electrons. The first kappa shape index (κ1) is 27.5. The zero-order valence-corrected chi connectivity index (χ0v) is 22.1. The maximum absolute atomic E-state index is 14.0. The van der Waals surface area contributed by atoms with Crippen LogP contribution in [0.2, 0.25) is 0 Å². The molecule has 38 heavy (non-hydrogen) atoms. The topological polar surface area (TPSA) is 174 Å². The van der Waals surface area contributed by atoms with Gasteiger partial charge in [0.05, 0.1) is 18.1 Å². The van der Waals surface area contributed by atoms with E-state index in [1.807, 2.05) is 13.8 Å². The van der Waals surface area contributed by atoms with Crippen LogP contribution >= 0.6 is 0 Å². The minimum atomic E-state index is -1.66. The van der Waals surface area contributed by atoms with Gasteiger partial charge in [-0.05, 0) is 73.1 Å². The molecule has 4 aliphatic rings.